The van der Waals surface area contributed by atoms with Crippen molar-refractivity contribution in [2.45, 2.75) is 13.3 Å². The van der Waals surface area contributed by atoms with E-state index in [0.717, 1.165) is 10.5 Å². The molecule has 18 heavy (non-hydrogen) atoms. The van der Waals surface area contributed by atoms with Gasteiger partial charge in [0, 0.05) is 5.56 Å². The van der Waals surface area contributed by atoms with E-state index >= 15 is 0 Å². The van der Waals surface area contributed by atoms with Crippen LogP contribution in [0.25, 0.3) is 0 Å². The molecule has 0 unspecified atom stereocenters. The van der Waals surface area contributed by atoms with Crippen LogP contribution in [-0.4, -0.2) is 35.0 Å². The summed E-state index contributed by atoms with van der Waals surface area (Å²) in [7, 11) is 0. The molecule has 4 heteroatoms. The van der Waals surface area contributed by atoms with Crippen molar-refractivity contribution in [3.05, 3.63) is 35.4 Å². The van der Waals surface area contributed by atoms with Gasteiger partial charge in [-0.1, -0.05) is 31.0 Å². The minimum Gasteiger partial charge on any atom is -0.480 e. The van der Waals surface area contributed by atoms with Crippen LogP contribution in [0, 0.1) is 12.3 Å². The van der Waals surface area contributed by atoms with Gasteiger partial charge in [0.2, 0.25) is 0 Å². The van der Waals surface area contributed by atoms with E-state index in [1.54, 1.807) is 12.1 Å². The summed E-state index contributed by atoms with van der Waals surface area (Å²) in [5, 5.41) is 8.77. The zero-order valence-corrected chi connectivity index (χ0v) is 10.2. The van der Waals surface area contributed by atoms with Crippen LogP contribution in [-0.2, 0) is 11.2 Å². The summed E-state index contributed by atoms with van der Waals surface area (Å²) in [6, 6.07) is 7.13. The van der Waals surface area contributed by atoms with Gasteiger partial charge >= 0.3 is 5.97 Å². The number of carboxylic acid groups (broad SMARTS) is 1. The van der Waals surface area contributed by atoms with Gasteiger partial charge < -0.3 is 10.0 Å². The Morgan fingerprint density at radius 2 is 2.06 bits per heavy atom. The molecular formula is C14H15NO3. The first-order valence-corrected chi connectivity index (χ1v) is 5.62. The first-order chi connectivity index (χ1) is 8.60. The molecule has 0 saturated carbocycles. The highest BCUT2D eigenvalue weighted by Crippen LogP contribution is 2.12. The van der Waals surface area contributed by atoms with Crippen molar-refractivity contribution in [1.29, 1.82) is 0 Å². The average molecular weight is 245 g/mol. The normalized spacial score (nSPS) is 9.56. The fraction of sp³-hybridized carbons (Fsp3) is 0.286. The molecule has 0 aromatic heterocycles. The Bertz CT molecular complexity index is 488. The van der Waals surface area contributed by atoms with Crippen molar-refractivity contribution >= 4 is 11.9 Å². The van der Waals surface area contributed by atoms with Crippen molar-refractivity contribution in [1.82, 2.24) is 4.90 Å². The van der Waals surface area contributed by atoms with Gasteiger partial charge in [0.25, 0.3) is 5.91 Å². The zero-order valence-electron chi connectivity index (χ0n) is 10.2. The van der Waals surface area contributed by atoms with Crippen LogP contribution in [0.5, 0.6) is 0 Å². The first-order valence-electron chi connectivity index (χ1n) is 5.62. The Labute approximate surface area is 106 Å². The lowest BCUT2D eigenvalue weighted by atomic mass is 10.0. The Hall–Kier alpha value is -2.28. The fourth-order valence-corrected chi connectivity index (χ4v) is 1.68. The highest BCUT2D eigenvalue weighted by atomic mass is 16.4. The molecule has 1 aromatic rings. The summed E-state index contributed by atoms with van der Waals surface area (Å²) >= 11 is 0. The molecule has 0 fully saturated rings. The lowest BCUT2D eigenvalue weighted by Crippen LogP contribution is -2.36. The third kappa shape index (κ3) is 3.36. The van der Waals surface area contributed by atoms with Crippen LogP contribution >= 0.6 is 0 Å². The maximum Gasteiger partial charge on any atom is 0.323 e. The Kier molecular flexibility index (Phi) is 4.94. The third-order valence-corrected chi connectivity index (χ3v) is 2.52. The lowest BCUT2D eigenvalue weighted by Gasteiger charge is -2.19. The number of nitrogens with zero attached hydrogens (tertiary/aromatic N) is 1. The van der Waals surface area contributed by atoms with Crippen molar-refractivity contribution in [2.24, 2.45) is 0 Å². The molecular weight excluding hydrogens is 230 g/mol. The second-order valence-electron chi connectivity index (χ2n) is 3.77. The quantitative estimate of drug-likeness (QED) is 0.798. The Morgan fingerprint density at radius 1 is 1.39 bits per heavy atom. The highest BCUT2D eigenvalue weighted by Gasteiger charge is 2.19. The number of carbonyl (C=O) groups excluding carboxylic acids is 1. The van der Waals surface area contributed by atoms with Crippen LogP contribution in [0.2, 0.25) is 0 Å². The second-order valence-corrected chi connectivity index (χ2v) is 3.77. The third-order valence-electron chi connectivity index (χ3n) is 2.52. The number of rotatable bonds is 5. The molecule has 1 amide bonds. The largest absolute Gasteiger partial charge is 0.480 e. The number of benzene rings is 1. The summed E-state index contributed by atoms with van der Waals surface area (Å²) in [6.45, 7) is 1.54. The molecule has 1 N–H and O–H groups in total. The number of aryl methyl sites for hydroxylation is 1. The number of amides is 1. The zero-order chi connectivity index (χ0) is 13.5. The van der Waals surface area contributed by atoms with Gasteiger partial charge in [0.1, 0.15) is 6.54 Å². The molecule has 0 bridgehead atoms. The monoisotopic (exact) mass is 245 g/mol. The average Bonchev–Trinajstić information content (AvgIpc) is 2.37. The van der Waals surface area contributed by atoms with Crippen LogP contribution in [0.15, 0.2) is 24.3 Å². The van der Waals surface area contributed by atoms with Crippen LogP contribution < -0.4 is 0 Å². The van der Waals surface area contributed by atoms with Gasteiger partial charge in [-0.05, 0) is 18.1 Å². The van der Waals surface area contributed by atoms with Gasteiger partial charge in [-0.25, -0.2) is 0 Å². The number of carbonyl (C=O) groups is 2. The summed E-state index contributed by atoms with van der Waals surface area (Å²) in [6.07, 6.45) is 5.86. The molecule has 94 valence electrons. The predicted octanol–water partition coefficient (Wildman–Crippen LogP) is 1.41. The van der Waals surface area contributed by atoms with E-state index in [4.69, 9.17) is 11.5 Å². The summed E-state index contributed by atoms with van der Waals surface area (Å²) in [5.74, 6) is 0.887. The molecule has 0 heterocycles. The van der Waals surface area contributed by atoms with Gasteiger partial charge in [0.15, 0.2) is 0 Å². The van der Waals surface area contributed by atoms with E-state index in [1.807, 2.05) is 19.1 Å². The lowest BCUT2D eigenvalue weighted by molar-refractivity contribution is -0.137. The molecule has 0 aliphatic rings. The Balaban J connectivity index is 3.02. The molecule has 0 aliphatic carbocycles. The van der Waals surface area contributed by atoms with E-state index in [1.165, 1.54) is 0 Å². The Morgan fingerprint density at radius 3 is 2.61 bits per heavy atom. The molecule has 1 aromatic carbocycles. The summed E-state index contributed by atoms with van der Waals surface area (Å²) in [5.41, 5.74) is 1.39. The predicted molar refractivity (Wildman–Crippen MR) is 68.2 cm³/mol. The molecule has 0 saturated heterocycles. The number of hydrogen-bond donors (Lipinski definition) is 1. The van der Waals surface area contributed by atoms with Gasteiger partial charge in [-0.15, -0.1) is 6.42 Å². The van der Waals surface area contributed by atoms with Gasteiger partial charge in [0.05, 0.1) is 6.54 Å². The van der Waals surface area contributed by atoms with E-state index in [0.29, 0.717) is 12.0 Å². The summed E-state index contributed by atoms with van der Waals surface area (Å²) < 4.78 is 0. The smallest absolute Gasteiger partial charge is 0.323 e. The summed E-state index contributed by atoms with van der Waals surface area (Å²) in [4.78, 5) is 24.1. The number of hydrogen-bond acceptors (Lipinski definition) is 2. The first kappa shape index (κ1) is 13.8. The van der Waals surface area contributed by atoms with Crippen molar-refractivity contribution in [3.63, 3.8) is 0 Å². The van der Waals surface area contributed by atoms with E-state index in [9.17, 15) is 9.59 Å². The highest BCUT2D eigenvalue weighted by molar-refractivity contribution is 5.97. The molecule has 0 atom stereocenters. The topological polar surface area (TPSA) is 57.6 Å². The maximum atomic E-state index is 12.2. The standard InChI is InChI=1S/C14H15NO3/c1-3-9-15(10-13(16)17)14(18)12-8-6-5-7-11(12)4-2/h1,5-8H,4,9-10H2,2H3,(H,16,17). The van der Waals surface area contributed by atoms with Crippen LogP contribution in [0.4, 0.5) is 0 Å². The molecule has 0 spiro atoms. The number of carboxylic acids is 1. The molecule has 4 nitrogen and oxygen atoms in total. The van der Waals surface area contributed by atoms with Gasteiger partial charge in [-0.2, -0.15) is 0 Å². The van der Waals surface area contributed by atoms with E-state index < -0.39 is 5.97 Å². The van der Waals surface area contributed by atoms with Crippen molar-refractivity contribution < 1.29 is 14.7 Å². The number of aliphatic carboxylic acids is 1. The van der Waals surface area contributed by atoms with Crippen LogP contribution in [0.1, 0.15) is 22.8 Å². The second kappa shape index (κ2) is 6.45. The fourth-order valence-electron chi connectivity index (χ4n) is 1.68. The van der Waals surface area contributed by atoms with Crippen LogP contribution in [0.3, 0.4) is 0 Å². The van der Waals surface area contributed by atoms with Crippen molar-refractivity contribution in [2.75, 3.05) is 13.1 Å². The maximum absolute atomic E-state index is 12.2. The van der Waals surface area contributed by atoms with E-state index in [2.05, 4.69) is 5.92 Å². The minimum absolute atomic E-state index is 0.0107. The molecule has 0 radical (unpaired) electrons. The minimum atomic E-state index is -1.08. The van der Waals surface area contributed by atoms with Gasteiger partial charge in [-0.3, -0.25) is 9.59 Å². The SMILES string of the molecule is C#CCN(CC(=O)O)C(=O)c1ccccc1CC. The number of terminal acetylenes is 1. The van der Waals surface area contributed by atoms with Crippen molar-refractivity contribution in [3.8, 4) is 12.3 Å². The molecule has 1 rings (SSSR count). The van der Waals surface area contributed by atoms with E-state index in [-0.39, 0.29) is 19.0 Å². The molecule has 0 aliphatic heterocycles.